The Balaban J connectivity index is 2.24. The van der Waals surface area contributed by atoms with E-state index in [1.165, 1.54) is 0 Å². The second-order valence-corrected chi connectivity index (χ2v) is 5.04. The zero-order valence-corrected chi connectivity index (χ0v) is 11.4. The van der Waals surface area contributed by atoms with Gasteiger partial charge in [-0.15, -0.1) is 5.10 Å². The topological polar surface area (TPSA) is 42.7 Å². The second kappa shape index (κ2) is 5.96. The summed E-state index contributed by atoms with van der Waals surface area (Å²) in [4.78, 5) is 0. The largest absolute Gasteiger partial charge is 0.315 e. The van der Waals surface area contributed by atoms with Gasteiger partial charge in [0, 0.05) is 6.54 Å². The number of benzene rings is 1. The zero-order valence-electron chi connectivity index (χ0n) is 11.4. The number of para-hydroxylation sites is 1. The summed E-state index contributed by atoms with van der Waals surface area (Å²) in [6.45, 7) is 8.64. The monoisotopic (exact) mass is 246 g/mol. The molecular weight excluding hydrogens is 224 g/mol. The standard InChI is InChI=1S/C14H22N4/c1-4-9-15-10-14(11(2)3)18-13-8-6-5-7-12(13)16-17-18/h5-8,11,14-15H,4,9-10H2,1-3H3. The lowest BCUT2D eigenvalue weighted by Gasteiger charge is -2.22. The van der Waals surface area contributed by atoms with Gasteiger partial charge in [-0.25, -0.2) is 4.68 Å². The van der Waals surface area contributed by atoms with Gasteiger partial charge in [-0.05, 0) is 31.0 Å². The van der Waals surface area contributed by atoms with Gasteiger partial charge in [-0.1, -0.05) is 38.1 Å². The van der Waals surface area contributed by atoms with E-state index in [4.69, 9.17) is 0 Å². The van der Waals surface area contributed by atoms with Gasteiger partial charge < -0.3 is 5.32 Å². The Kier molecular flexibility index (Phi) is 4.31. The van der Waals surface area contributed by atoms with Gasteiger partial charge in [-0.2, -0.15) is 0 Å². The number of nitrogens with one attached hydrogen (secondary N) is 1. The molecule has 1 N–H and O–H groups in total. The summed E-state index contributed by atoms with van der Waals surface area (Å²) in [5.41, 5.74) is 2.09. The fourth-order valence-corrected chi connectivity index (χ4v) is 2.16. The van der Waals surface area contributed by atoms with Crippen molar-refractivity contribution < 1.29 is 0 Å². The van der Waals surface area contributed by atoms with E-state index < -0.39 is 0 Å². The highest BCUT2D eigenvalue weighted by molar-refractivity contribution is 5.73. The zero-order chi connectivity index (χ0) is 13.0. The van der Waals surface area contributed by atoms with Crippen molar-refractivity contribution in [2.45, 2.75) is 33.2 Å². The molecule has 0 bridgehead atoms. The van der Waals surface area contributed by atoms with Crippen molar-refractivity contribution in [1.82, 2.24) is 20.3 Å². The maximum Gasteiger partial charge on any atom is 0.113 e. The van der Waals surface area contributed by atoms with Crippen LogP contribution in [0.2, 0.25) is 0 Å². The summed E-state index contributed by atoms with van der Waals surface area (Å²) < 4.78 is 2.06. The average molecular weight is 246 g/mol. The predicted octanol–water partition coefficient (Wildman–Crippen LogP) is 2.63. The molecule has 0 aliphatic heterocycles. The average Bonchev–Trinajstić information content (AvgIpc) is 2.78. The van der Waals surface area contributed by atoms with Gasteiger partial charge in [-0.3, -0.25) is 0 Å². The molecule has 1 aromatic carbocycles. The molecule has 2 rings (SSSR count). The molecule has 1 atom stereocenters. The first kappa shape index (κ1) is 13.0. The minimum absolute atomic E-state index is 0.351. The van der Waals surface area contributed by atoms with E-state index in [0.717, 1.165) is 30.5 Å². The van der Waals surface area contributed by atoms with Crippen molar-refractivity contribution in [3.63, 3.8) is 0 Å². The Morgan fingerprint density at radius 2 is 2.06 bits per heavy atom. The van der Waals surface area contributed by atoms with E-state index in [2.05, 4.69) is 47.1 Å². The van der Waals surface area contributed by atoms with E-state index in [-0.39, 0.29) is 0 Å². The molecule has 0 aliphatic rings. The summed E-state index contributed by atoms with van der Waals surface area (Å²) in [7, 11) is 0. The fraction of sp³-hybridized carbons (Fsp3) is 0.571. The molecule has 0 saturated carbocycles. The fourth-order valence-electron chi connectivity index (χ4n) is 2.16. The van der Waals surface area contributed by atoms with Crippen molar-refractivity contribution in [3.05, 3.63) is 24.3 Å². The maximum atomic E-state index is 4.32. The lowest BCUT2D eigenvalue weighted by Crippen LogP contribution is -2.30. The molecule has 2 aromatic rings. The van der Waals surface area contributed by atoms with Gasteiger partial charge in [0.25, 0.3) is 0 Å². The van der Waals surface area contributed by atoms with E-state index in [0.29, 0.717) is 12.0 Å². The van der Waals surface area contributed by atoms with Crippen molar-refractivity contribution in [1.29, 1.82) is 0 Å². The Morgan fingerprint density at radius 3 is 2.78 bits per heavy atom. The smallest absolute Gasteiger partial charge is 0.113 e. The molecule has 0 spiro atoms. The second-order valence-electron chi connectivity index (χ2n) is 5.04. The minimum Gasteiger partial charge on any atom is -0.315 e. The molecule has 1 aromatic heterocycles. The first-order valence-electron chi connectivity index (χ1n) is 6.74. The van der Waals surface area contributed by atoms with Crippen LogP contribution in [0.4, 0.5) is 0 Å². The van der Waals surface area contributed by atoms with Crippen LogP contribution in [0, 0.1) is 5.92 Å². The number of nitrogens with zero attached hydrogens (tertiary/aromatic N) is 3. The summed E-state index contributed by atoms with van der Waals surface area (Å²) in [5, 5.41) is 12.0. The molecule has 0 saturated heterocycles. The molecule has 1 unspecified atom stereocenters. The molecule has 4 nitrogen and oxygen atoms in total. The number of hydrogen-bond donors (Lipinski definition) is 1. The minimum atomic E-state index is 0.351. The molecule has 4 heteroatoms. The van der Waals surface area contributed by atoms with Crippen LogP contribution < -0.4 is 5.32 Å². The van der Waals surface area contributed by atoms with Crippen LogP contribution in [0.25, 0.3) is 11.0 Å². The van der Waals surface area contributed by atoms with Crippen LogP contribution in [-0.4, -0.2) is 28.1 Å². The van der Waals surface area contributed by atoms with Crippen LogP contribution in [0.5, 0.6) is 0 Å². The Bertz CT molecular complexity index is 489. The normalized spacial score (nSPS) is 13.3. The summed E-state index contributed by atoms with van der Waals surface area (Å²) in [5.74, 6) is 0.527. The molecule has 0 radical (unpaired) electrons. The van der Waals surface area contributed by atoms with E-state index >= 15 is 0 Å². The summed E-state index contributed by atoms with van der Waals surface area (Å²) in [6.07, 6.45) is 1.16. The van der Waals surface area contributed by atoms with Crippen molar-refractivity contribution in [3.8, 4) is 0 Å². The van der Waals surface area contributed by atoms with Crippen LogP contribution in [0.15, 0.2) is 24.3 Å². The van der Waals surface area contributed by atoms with Crippen LogP contribution >= 0.6 is 0 Å². The summed E-state index contributed by atoms with van der Waals surface area (Å²) in [6, 6.07) is 8.49. The Labute approximate surface area is 108 Å². The van der Waals surface area contributed by atoms with Crippen LogP contribution in [0.1, 0.15) is 33.2 Å². The number of rotatable bonds is 6. The third-order valence-corrected chi connectivity index (χ3v) is 3.24. The van der Waals surface area contributed by atoms with Gasteiger partial charge in [0.15, 0.2) is 0 Å². The lowest BCUT2D eigenvalue weighted by atomic mass is 10.0. The summed E-state index contributed by atoms with van der Waals surface area (Å²) >= 11 is 0. The molecule has 98 valence electrons. The van der Waals surface area contributed by atoms with Gasteiger partial charge in [0.1, 0.15) is 5.52 Å². The number of fused-ring (bicyclic) bond motifs is 1. The first-order chi connectivity index (χ1) is 8.74. The van der Waals surface area contributed by atoms with Gasteiger partial charge >= 0.3 is 0 Å². The number of hydrogen-bond acceptors (Lipinski definition) is 3. The molecule has 18 heavy (non-hydrogen) atoms. The van der Waals surface area contributed by atoms with Crippen molar-refractivity contribution in [2.24, 2.45) is 5.92 Å². The van der Waals surface area contributed by atoms with Crippen LogP contribution in [-0.2, 0) is 0 Å². The van der Waals surface area contributed by atoms with Gasteiger partial charge in [0.2, 0.25) is 0 Å². The first-order valence-corrected chi connectivity index (χ1v) is 6.74. The maximum absolute atomic E-state index is 4.32. The highest BCUT2D eigenvalue weighted by Crippen LogP contribution is 2.21. The quantitative estimate of drug-likeness (QED) is 0.797. The molecule has 0 amide bonds. The molecule has 0 aliphatic carbocycles. The van der Waals surface area contributed by atoms with E-state index in [9.17, 15) is 0 Å². The highest BCUT2D eigenvalue weighted by atomic mass is 15.4. The SMILES string of the molecule is CCCNCC(C(C)C)n1nnc2ccccc21. The number of aromatic nitrogens is 3. The molecular formula is C14H22N4. The third-order valence-electron chi connectivity index (χ3n) is 3.24. The predicted molar refractivity (Wildman–Crippen MR) is 74.6 cm³/mol. The van der Waals surface area contributed by atoms with Gasteiger partial charge in [0.05, 0.1) is 11.6 Å². The van der Waals surface area contributed by atoms with Crippen molar-refractivity contribution in [2.75, 3.05) is 13.1 Å². The van der Waals surface area contributed by atoms with Crippen molar-refractivity contribution >= 4 is 11.0 Å². The lowest BCUT2D eigenvalue weighted by molar-refractivity contribution is 0.333. The molecule has 1 heterocycles. The van der Waals surface area contributed by atoms with E-state index in [1.54, 1.807) is 0 Å². The van der Waals surface area contributed by atoms with Crippen LogP contribution in [0.3, 0.4) is 0 Å². The Morgan fingerprint density at radius 1 is 1.28 bits per heavy atom. The highest BCUT2D eigenvalue weighted by Gasteiger charge is 2.18. The van der Waals surface area contributed by atoms with E-state index in [1.807, 2.05) is 18.2 Å². The third kappa shape index (κ3) is 2.70. The molecule has 0 fully saturated rings. The Hall–Kier alpha value is -1.42.